The van der Waals surface area contributed by atoms with Gasteiger partial charge in [-0.1, -0.05) is 0 Å². The number of methoxy groups -OCH3 is 1. The van der Waals surface area contributed by atoms with Crippen molar-refractivity contribution in [2.24, 2.45) is 0 Å². The number of nitrogens with zero attached hydrogens (tertiary/aromatic N) is 5. The summed E-state index contributed by atoms with van der Waals surface area (Å²) in [5, 5.41) is 12.0. The number of carbonyl (C=O) groups excluding carboxylic acids is 2. The monoisotopic (exact) mass is 680 g/mol. The summed E-state index contributed by atoms with van der Waals surface area (Å²) in [6.45, 7) is 5.93. The second-order valence-corrected chi connectivity index (χ2v) is 12.6. The largest absolute Gasteiger partial charge is 0.482 e. The van der Waals surface area contributed by atoms with Gasteiger partial charge in [0.05, 0.1) is 30.7 Å². The number of anilines is 1. The van der Waals surface area contributed by atoms with Gasteiger partial charge in [0.25, 0.3) is 11.5 Å². The van der Waals surface area contributed by atoms with Gasteiger partial charge in [-0.15, -0.1) is 0 Å². The van der Waals surface area contributed by atoms with E-state index in [-0.39, 0.29) is 28.6 Å². The third kappa shape index (κ3) is 5.95. The van der Waals surface area contributed by atoms with E-state index >= 15 is 4.39 Å². The van der Waals surface area contributed by atoms with Crippen molar-refractivity contribution in [1.29, 1.82) is 0 Å². The number of halogens is 2. The summed E-state index contributed by atoms with van der Waals surface area (Å²) in [7, 11) is 1.36. The first-order valence-electron chi connectivity index (χ1n) is 15.5. The van der Waals surface area contributed by atoms with Crippen molar-refractivity contribution in [3.63, 3.8) is 0 Å². The Morgan fingerprint density at radius 2 is 1.72 bits per heavy atom. The van der Waals surface area contributed by atoms with Crippen molar-refractivity contribution >= 4 is 28.6 Å². The Bertz CT molecular complexity index is 2370. The number of carbonyl (C=O) groups is 2. The molecule has 0 saturated heterocycles. The molecule has 0 aliphatic carbocycles. The summed E-state index contributed by atoms with van der Waals surface area (Å²) < 4.78 is 50.2. The molecule has 0 atom stereocenters. The second kappa shape index (κ2) is 12.3. The van der Waals surface area contributed by atoms with Crippen LogP contribution in [0.1, 0.15) is 36.7 Å². The van der Waals surface area contributed by atoms with E-state index in [1.807, 2.05) is 10.7 Å². The first-order valence-corrected chi connectivity index (χ1v) is 15.5. The Morgan fingerprint density at radius 3 is 2.44 bits per heavy atom. The normalized spacial score (nSPS) is 12.3. The first-order chi connectivity index (χ1) is 23.9. The average Bonchev–Trinajstić information content (AvgIpc) is 3.82. The molecule has 0 radical (unpaired) electrons. The van der Waals surface area contributed by atoms with Crippen LogP contribution in [0.4, 0.5) is 19.3 Å². The number of hydrogen-bond acceptors (Lipinski definition) is 8. The third-order valence-electron chi connectivity index (χ3n) is 8.00. The lowest BCUT2D eigenvalue weighted by atomic mass is 10.00. The Labute approximate surface area is 283 Å². The van der Waals surface area contributed by atoms with Crippen molar-refractivity contribution in [1.82, 2.24) is 24.1 Å². The maximum absolute atomic E-state index is 15.6. The molecular formula is C36H30F2N6O6. The third-order valence-corrected chi connectivity index (χ3v) is 8.00. The minimum absolute atomic E-state index is 0.0672. The highest BCUT2D eigenvalue weighted by Gasteiger charge is 2.26. The van der Waals surface area contributed by atoms with Gasteiger partial charge in [-0.3, -0.25) is 14.3 Å². The number of aryl methyl sites for hydroxylation is 2. The van der Waals surface area contributed by atoms with Gasteiger partial charge >= 0.3 is 6.09 Å². The fourth-order valence-corrected chi connectivity index (χ4v) is 5.83. The molecule has 3 aromatic heterocycles. The topological polar surface area (TPSA) is 132 Å². The van der Waals surface area contributed by atoms with E-state index in [2.05, 4.69) is 15.5 Å². The van der Waals surface area contributed by atoms with Crippen molar-refractivity contribution in [2.45, 2.75) is 39.3 Å². The van der Waals surface area contributed by atoms with Gasteiger partial charge in [-0.25, -0.2) is 18.1 Å². The van der Waals surface area contributed by atoms with Gasteiger partial charge < -0.3 is 19.5 Å². The highest BCUT2D eigenvalue weighted by atomic mass is 19.1. The molecule has 1 amide bonds. The fraction of sp³-hybridized carbons (Fsp3) is 0.194. The van der Waals surface area contributed by atoms with Crippen LogP contribution in [-0.4, -0.2) is 48.8 Å². The molecule has 1 aliphatic rings. The van der Waals surface area contributed by atoms with Gasteiger partial charge in [0, 0.05) is 41.0 Å². The van der Waals surface area contributed by atoms with E-state index in [1.165, 1.54) is 68.0 Å². The smallest absolute Gasteiger partial charge is 0.435 e. The highest BCUT2D eigenvalue weighted by Crippen LogP contribution is 2.43. The van der Waals surface area contributed by atoms with Crippen LogP contribution in [0, 0.1) is 11.6 Å². The summed E-state index contributed by atoms with van der Waals surface area (Å²) in [5.41, 5.74) is 1.61. The fourth-order valence-electron chi connectivity index (χ4n) is 5.83. The van der Waals surface area contributed by atoms with Gasteiger partial charge in [0.2, 0.25) is 5.88 Å². The van der Waals surface area contributed by atoms with E-state index in [0.29, 0.717) is 29.8 Å². The van der Waals surface area contributed by atoms with Crippen LogP contribution in [0.3, 0.4) is 0 Å². The molecular weight excluding hydrogens is 650 g/mol. The molecule has 6 aromatic rings. The van der Waals surface area contributed by atoms with Crippen molar-refractivity contribution < 1.29 is 32.6 Å². The molecule has 3 aromatic carbocycles. The standard InChI is InChI=1S/C36H30F2N6O6/c1-36(2,3)50-35(47)43-19-21(17-39-43)31-26-18-40-42-14-13-20(32(26)42)15-29(31)49-28-11-7-23(16-27(28)38)41-33(45)25-10-12-30(48-4)44(34(25)46)24-8-5-22(37)6-9-24/h5-12,15-19H,13-14H2,1-4H3,(H,41,45). The number of hydrogen-bond donors (Lipinski definition) is 1. The van der Waals surface area contributed by atoms with Crippen LogP contribution in [0.15, 0.2) is 84.0 Å². The molecule has 0 bridgehead atoms. The number of pyridine rings is 1. The lowest BCUT2D eigenvalue weighted by molar-refractivity contribution is 0.0514. The van der Waals surface area contributed by atoms with Crippen molar-refractivity contribution in [3.8, 4) is 34.2 Å². The molecule has 0 saturated carbocycles. The summed E-state index contributed by atoms with van der Waals surface area (Å²) in [6.07, 6.45) is 4.76. The molecule has 254 valence electrons. The predicted octanol–water partition coefficient (Wildman–Crippen LogP) is 6.72. The molecule has 0 spiro atoms. The van der Waals surface area contributed by atoms with Crippen LogP contribution >= 0.6 is 0 Å². The quantitative estimate of drug-likeness (QED) is 0.197. The summed E-state index contributed by atoms with van der Waals surface area (Å²) in [5.74, 6) is -1.77. The van der Waals surface area contributed by atoms with Crippen LogP contribution in [0.5, 0.6) is 17.4 Å². The molecule has 4 heterocycles. The molecule has 14 heteroatoms. The van der Waals surface area contributed by atoms with E-state index in [9.17, 15) is 18.8 Å². The second-order valence-electron chi connectivity index (χ2n) is 12.6. The van der Waals surface area contributed by atoms with Crippen molar-refractivity contribution in [2.75, 3.05) is 12.4 Å². The number of aromatic nitrogens is 5. The molecule has 1 N–H and O–H groups in total. The van der Waals surface area contributed by atoms with E-state index in [0.717, 1.165) is 31.8 Å². The molecule has 50 heavy (non-hydrogen) atoms. The zero-order chi connectivity index (χ0) is 35.3. The number of ether oxygens (including phenoxy) is 3. The lowest BCUT2D eigenvalue weighted by Crippen LogP contribution is -2.29. The van der Waals surface area contributed by atoms with Crippen LogP contribution < -0.4 is 20.3 Å². The van der Waals surface area contributed by atoms with Crippen LogP contribution in [0.2, 0.25) is 0 Å². The molecule has 12 nitrogen and oxygen atoms in total. The van der Waals surface area contributed by atoms with Crippen LogP contribution in [0.25, 0.3) is 27.7 Å². The predicted molar refractivity (Wildman–Crippen MR) is 179 cm³/mol. The first kappa shape index (κ1) is 32.2. The maximum atomic E-state index is 15.6. The minimum Gasteiger partial charge on any atom is -0.482 e. The SMILES string of the molecule is COc1ccc(C(=O)Nc2ccc(Oc3cc4c5c(cnn5CC4)c3-c3cnn(C(=O)OC(C)(C)C)c3)c(F)c2)c(=O)n1-c1ccc(F)cc1. The number of rotatable bonds is 7. The zero-order valence-electron chi connectivity index (χ0n) is 27.4. The molecule has 7 rings (SSSR count). The number of benzene rings is 3. The lowest BCUT2D eigenvalue weighted by Gasteiger charge is -2.18. The van der Waals surface area contributed by atoms with Gasteiger partial charge in [-0.2, -0.15) is 14.9 Å². The summed E-state index contributed by atoms with van der Waals surface area (Å²) in [4.78, 5) is 39.3. The Kier molecular flexibility index (Phi) is 7.93. The van der Waals surface area contributed by atoms with Gasteiger partial charge in [-0.05, 0) is 87.4 Å². The molecule has 0 unspecified atom stereocenters. The number of nitrogens with one attached hydrogen (secondary N) is 1. The average molecular weight is 681 g/mol. The summed E-state index contributed by atoms with van der Waals surface area (Å²) >= 11 is 0. The summed E-state index contributed by atoms with van der Waals surface area (Å²) in [6, 6.07) is 13.5. The zero-order valence-corrected chi connectivity index (χ0v) is 27.4. The van der Waals surface area contributed by atoms with E-state index < -0.39 is 34.8 Å². The molecule has 0 fully saturated rings. The number of amides is 1. The van der Waals surface area contributed by atoms with Crippen molar-refractivity contribution in [3.05, 3.63) is 112 Å². The van der Waals surface area contributed by atoms with Gasteiger partial charge in [0.1, 0.15) is 22.7 Å². The Hall–Kier alpha value is -6.31. The maximum Gasteiger partial charge on any atom is 0.435 e. The Morgan fingerprint density at radius 1 is 0.940 bits per heavy atom. The van der Waals surface area contributed by atoms with Gasteiger partial charge in [0.15, 0.2) is 11.6 Å². The Balaban J connectivity index is 1.18. The molecule has 1 aliphatic heterocycles. The van der Waals surface area contributed by atoms with E-state index in [4.69, 9.17) is 14.2 Å². The van der Waals surface area contributed by atoms with E-state index in [1.54, 1.807) is 27.0 Å². The highest BCUT2D eigenvalue weighted by molar-refractivity contribution is 6.04. The minimum atomic E-state index is -0.795. The van der Waals surface area contributed by atoms with Crippen LogP contribution in [-0.2, 0) is 17.7 Å².